The third-order valence-electron chi connectivity index (χ3n) is 3.07. The van der Waals surface area contributed by atoms with Crippen LogP contribution in [0.3, 0.4) is 0 Å². The summed E-state index contributed by atoms with van der Waals surface area (Å²) in [5.41, 5.74) is 6.80. The number of carboxylic acids is 1. The minimum absolute atomic E-state index is 0.0831. The van der Waals surface area contributed by atoms with Gasteiger partial charge in [0, 0.05) is 5.92 Å². The van der Waals surface area contributed by atoms with Crippen LogP contribution in [-0.2, 0) is 4.79 Å². The third kappa shape index (κ3) is 4.19. The predicted octanol–water partition coefficient (Wildman–Crippen LogP) is 2.76. The molecule has 2 atom stereocenters. The lowest BCUT2D eigenvalue weighted by Gasteiger charge is -2.21. The fraction of sp³-hybridized carbons (Fsp3) is 0.500. The molecule has 0 amide bonds. The maximum absolute atomic E-state index is 11.0. The Labute approximate surface area is 103 Å². The molecule has 0 radical (unpaired) electrons. The summed E-state index contributed by atoms with van der Waals surface area (Å²) in [6.07, 6.45) is 4.11. The third-order valence-corrected chi connectivity index (χ3v) is 3.07. The van der Waals surface area contributed by atoms with Gasteiger partial charge in [-0.3, -0.25) is 4.79 Å². The molecule has 0 aliphatic rings. The molecule has 0 aliphatic heterocycles. The minimum Gasteiger partial charge on any atom is -0.480 e. The lowest BCUT2D eigenvalue weighted by Crippen LogP contribution is -2.36. The van der Waals surface area contributed by atoms with E-state index in [2.05, 4.69) is 6.92 Å². The van der Waals surface area contributed by atoms with Gasteiger partial charge < -0.3 is 10.8 Å². The molecule has 1 rings (SSSR count). The quantitative estimate of drug-likeness (QED) is 0.714. The lowest BCUT2D eigenvalue weighted by atomic mass is 9.87. The Balaban J connectivity index is 2.75. The molecule has 0 aromatic heterocycles. The number of hydrogen-bond donors (Lipinski definition) is 2. The second kappa shape index (κ2) is 7.07. The van der Waals surface area contributed by atoms with Gasteiger partial charge in [0.05, 0.1) is 0 Å². The van der Waals surface area contributed by atoms with Crippen molar-refractivity contribution in [1.82, 2.24) is 0 Å². The highest BCUT2D eigenvalue weighted by atomic mass is 16.4. The van der Waals surface area contributed by atoms with E-state index in [4.69, 9.17) is 10.8 Å². The van der Waals surface area contributed by atoms with Gasteiger partial charge in [0.25, 0.3) is 0 Å². The van der Waals surface area contributed by atoms with E-state index in [0.717, 1.165) is 31.2 Å². The Bertz CT molecular complexity index is 337. The molecule has 3 N–H and O–H groups in total. The van der Waals surface area contributed by atoms with E-state index in [1.807, 2.05) is 30.3 Å². The first-order valence-corrected chi connectivity index (χ1v) is 6.20. The van der Waals surface area contributed by atoms with Crippen molar-refractivity contribution in [3.63, 3.8) is 0 Å². The van der Waals surface area contributed by atoms with Gasteiger partial charge in [0.15, 0.2) is 0 Å². The van der Waals surface area contributed by atoms with Crippen LogP contribution in [0, 0.1) is 0 Å². The number of nitrogens with two attached hydrogens (primary N) is 1. The Hall–Kier alpha value is -1.35. The zero-order chi connectivity index (χ0) is 12.7. The topological polar surface area (TPSA) is 63.3 Å². The molecule has 1 aromatic rings. The number of unbranched alkanes of at least 4 members (excludes halogenated alkanes) is 2. The van der Waals surface area contributed by atoms with Crippen LogP contribution >= 0.6 is 0 Å². The average Bonchev–Trinajstić information content (AvgIpc) is 2.35. The maximum Gasteiger partial charge on any atom is 0.321 e. The van der Waals surface area contributed by atoms with Crippen molar-refractivity contribution >= 4 is 5.97 Å². The fourth-order valence-electron chi connectivity index (χ4n) is 2.04. The molecule has 0 spiro atoms. The molecule has 17 heavy (non-hydrogen) atoms. The zero-order valence-electron chi connectivity index (χ0n) is 10.3. The number of benzene rings is 1. The summed E-state index contributed by atoms with van der Waals surface area (Å²) < 4.78 is 0. The molecular formula is C14H21NO2. The molecule has 0 heterocycles. The summed E-state index contributed by atoms with van der Waals surface area (Å²) in [6.45, 7) is 2.13. The normalized spacial score (nSPS) is 14.2. The Morgan fingerprint density at radius 2 is 1.94 bits per heavy atom. The standard InChI is InChI=1S/C14H21NO2/c1-2-3-5-10-12(13(15)14(16)17)11-8-6-4-7-9-11/h4,6-9,12-13H,2-3,5,10,15H2,1H3,(H,16,17)/t12?,13-/m0/s1. The molecule has 0 bridgehead atoms. The van der Waals surface area contributed by atoms with Crippen LogP contribution in [0.5, 0.6) is 0 Å². The largest absolute Gasteiger partial charge is 0.480 e. The number of carbonyl (C=O) groups is 1. The van der Waals surface area contributed by atoms with E-state index < -0.39 is 12.0 Å². The summed E-state index contributed by atoms with van der Waals surface area (Å²) in [7, 11) is 0. The molecule has 0 fully saturated rings. The van der Waals surface area contributed by atoms with Gasteiger partial charge in [-0.25, -0.2) is 0 Å². The van der Waals surface area contributed by atoms with Crippen LogP contribution in [0.1, 0.15) is 44.1 Å². The SMILES string of the molecule is CCCCCC(c1ccccc1)[C@H](N)C(=O)O. The number of aliphatic carboxylic acids is 1. The van der Waals surface area contributed by atoms with Gasteiger partial charge in [0.2, 0.25) is 0 Å². The van der Waals surface area contributed by atoms with Gasteiger partial charge in [-0.15, -0.1) is 0 Å². The van der Waals surface area contributed by atoms with Crippen molar-refractivity contribution in [3.8, 4) is 0 Å². The maximum atomic E-state index is 11.0. The van der Waals surface area contributed by atoms with E-state index in [1.165, 1.54) is 0 Å². The predicted molar refractivity (Wildman–Crippen MR) is 68.9 cm³/mol. The van der Waals surface area contributed by atoms with Crippen molar-refractivity contribution < 1.29 is 9.90 Å². The van der Waals surface area contributed by atoms with E-state index in [9.17, 15) is 4.79 Å². The van der Waals surface area contributed by atoms with Crippen molar-refractivity contribution in [3.05, 3.63) is 35.9 Å². The summed E-state index contributed by atoms with van der Waals surface area (Å²) >= 11 is 0. The molecule has 0 saturated heterocycles. The number of rotatable bonds is 7. The first-order valence-electron chi connectivity index (χ1n) is 6.20. The lowest BCUT2D eigenvalue weighted by molar-refractivity contribution is -0.139. The molecule has 1 aromatic carbocycles. The highest BCUT2D eigenvalue weighted by Gasteiger charge is 2.24. The van der Waals surface area contributed by atoms with Crippen molar-refractivity contribution in [2.24, 2.45) is 5.73 Å². The molecule has 0 saturated carbocycles. The van der Waals surface area contributed by atoms with Crippen LogP contribution in [0.25, 0.3) is 0 Å². The first-order chi connectivity index (χ1) is 8.16. The summed E-state index contributed by atoms with van der Waals surface area (Å²) in [4.78, 5) is 11.0. The molecule has 1 unspecified atom stereocenters. The van der Waals surface area contributed by atoms with Gasteiger partial charge in [-0.2, -0.15) is 0 Å². The Kier molecular flexibility index (Phi) is 5.70. The summed E-state index contributed by atoms with van der Waals surface area (Å²) in [5.74, 6) is -1.00. The highest BCUT2D eigenvalue weighted by Crippen LogP contribution is 2.25. The van der Waals surface area contributed by atoms with Crippen LogP contribution in [0.15, 0.2) is 30.3 Å². The van der Waals surface area contributed by atoms with Crippen molar-refractivity contribution in [1.29, 1.82) is 0 Å². The fourth-order valence-corrected chi connectivity index (χ4v) is 2.04. The highest BCUT2D eigenvalue weighted by molar-refractivity contribution is 5.74. The Morgan fingerprint density at radius 3 is 2.47 bits per heavy atom. The summed E-state index contributed by atoms with van der Waals surface area (Å²) in [6, 6.07) is 8.89. The summed E-state index contributed by atoms with van der Waals surface area (Å²) in [5, 5.41) is 9.05. The van der Waals surface area contributed by atoms with E-state index in [-0.39, 0.29) is 5.92 Å². The van der Waals surface area contributed by atoms with Crippen LogP contribution < -0.4 is 5.73 Å². The minimum atomic E-state index is -0.921. The van der Waals surface area contributed by atoms with Gasteiger partial charge in [-0.05, 0) is 12.0 Å². The first kappa shape index (κ1) is 13.7. The molecule has 0 aliphatic carbocycles. The van der Waals surface area contributed by atoms with Crippen LogP contribution in [-0.4, -0.2) is 17.1 Å². The number of carboxylic acid groups (broad SMARTS) is 1. The second-order valence-corrected chi connectivity index (χ2v) is 4.38. The average molecular weight is 235 g/mol. The van der Waals surface area contributed by atoms with Gasteiger partial charge in [0.1, 0.15) is 6.04 Å². The zero-order valence-corrected chi connectivity index (χ0v) is 10.3. The van der Waals surface area contributed by atoms with Crippen LogP contribution in [0.2, 0.25) is 0 Å². The van der Waals surface area contributed by atoms with Gasteiger partial charge in [-0.1, -0.05) is 56.5 Å². The van der Waals surface area contributed by atoms with E-state index >= 15 is 0 Å². The van der Waals surface area contributed by atoms with E-state index in [0.29, 0.717) is 0 Å². The van der Waals surface area contributed by atoms with Crippen molar-refractivity contribution in [2.45, 2.75) is 44.6 Å². The second-order valence-electron chi connectivity index (χ2n) is 4.38. The molecule has 3 nitrogen and oxygen atoms in total. The van der Waals surface area contributed by atoms with Crippen LogP contribution in [0.4, 0.5) is 0 Å². The monoisotopic (exact) mass is 235 g/mol. The molecule has 3 heteroatoms. The van der Waals surface area contributed by atoms with Crippen molar-refractivity contribution in [2.75, 3.05) is 0 Å². The van der Waals surface area contributed by atoms with Gasteiger partial charge >= 0.3 is 5.97 Å². The Morgan fingerprint density at radius 1 is 1.29 bits per heavy atom. The smallest absolute Gasteiger partial charge is 0.321 e. The number of hydrogen-bond acceptors (Lipinski definition) is 2. The van der Waals surface area contributed by atoms with E-state index in [1.54, 1.807) is 0 Å². The molecular weight excluding hydrogens is 214 g/mol. The molecule has 94 valence electrons.